The summed E-state index contributed by atoms with van der Waals surface area (Å²) >= 11 is 0. The average Bonchev–Trinajstić information content (AvgIpc) is 2.55. The van der Waals surface area contributed by atoms with Crippen molar-refractivity contribution in [2.75, 3.05) is 45.1 Å². The van der Waals surface area contributed by atoms with Gasteiger partial charge in [0, 0.05) is 38.5 Å². The van der Waals surface area contributed by atoms with Gasteiger partial charge >= 0.3 is 5.97 Å². The van der Waals surface area contributed by atoms with Crippen molar-refractivity contribution in [3.63, 3.8) is 0 Å². The van der Waals surface area contributed by atoms with Crippen LogP contribution in [0.15, 0.2) is 18.3 Å². The summed E-state index contributed by atoms with van der Waals surface area (Å²) in [7, 11) is 0. The molecular formula is C15H20N4O4. The monoisotopic (exact) mass is 320 g/mol. The van der Waals surface area contributed by atoms with Gasteiger partial charge in [0.05, 0.1) is 18.8 Å². The Hall–Kier alpha value is -2.45. The third kappa shape index (κ3) is 5.35. The van der Waals surface area contributed by atoms with Crippen LogP contribution in [0, 0.1) is 0 Å². The van der Waals surface area contributed by atoms with E-state index in [0.29, 0.717) is 25.3 Å². The van der Waals surface area contributed by atoms with Crippen LogP contribution in [-0.4, -0.2) is 66.3 Å². The summed E-state index contributed by atoms with van der Waals surface area (Å²) in [5, 5.41) is 11.4. The summed E-state index contributed by atoms with van der Waals surface area (Å²) in [5.74, 6) is -1.28. The van der Waals surface area contributed by atoms with E-state index < -0.39 is 5.97 Å². The Balaban J connectivity index is 1.92. The molecule has 1 fully saturated rings. The van der Waals surface area contributed by atoms with Crippen molar-refractivity contribution >= 4 is 23.8 Å². The fourth-order valence-corrected chi connectivity index (χ4v) is 2.18. The van der Waals surface area contributed by atoms with Crippen molar-refractivity contribution in [2.45, 2.75) is 0 Å². The normalized spacial score (nSPS) is 15.7. The van der Waals surface area contributed by atoms with Crippen LogP contribution in [0.4, 0.5) is 5.82 Å². The second kappa shape index (κ2) is 8.25. The van der Waals surface area contributed by atoms with Gasteiger partial charge in [-0.15, -0.1) is 0 Å². The summed E-state index contributed by atoms with van der Waals surface area (Å²) in [6.07, 6.45) is 3.76. The molecule has 0 spiro atoms. The van der Waals surface area contributed by atoms with Gasteiger partial charge in [-0.2, -0.15) is 0 Å². The molecular weight excluding hydrogens is 300 g/mol. The number of amides is 1. The van der Waals surface area contributed by atoms with Crippen LogP contribution in [0.2, 0.25) is 0 Å². The highest BCUT2D eigenvalue weighted by molar-refractivity contribution is 5.99. The van der Waals surface area contributed by atoms with E-state index in [4.69, 9.17) is 15.6 Å². The number of nitrogens with zero attached hydrogens (tertiary/aromatic N) is 2. The quantitative estimate of drug-likeness (QED) is 0.622. The highest BCUT2D eigenvalue weighted by atomic mass is 16.5. The van der Waals surface area contributed by atoms with Crippen LogP contribution in [0.25, 0.3) is 6.08 Å². The van der Waals surface area contributed by atoms with Crippen molar-refractivity contribution in [1.82, 2.24) is 15.2 Å². The number of ether oxygens (including phenoxy) is 1. The molecule has 0 atom stereocenters. The minimum Gasteiger partial charge on any atom is -0.478 e. The molecule has 0 saturated carbocycles. The van der Waals surface area contributed by atoms with Crippen LogP contribution in [-0.2, 0) is 9.53 Å². The lowest BCUT2D eigenvalue weighted by atomic mass is 10.1. The van der Waals surface area contributed by atoms with E-state index in [9.17, 15) is 9.59 Å². The van der Waals surface area contributed by atoms with E-state index >= 15 is 0 Å². The maximum atomic E-state index is 12.2. The van der Waals surface area contributed by atoms with Gasteiger partial charge in [-0.25, -0.2) is 9.78 Å². The molecule has 1 saturated heterocycles. The van der Waals surface area contributed by atoms with Gasteiger partial charge in [0.2, 0.25) is 0 Å². The number of carbonyl (C=O) groups excluding carboxylic acids is 1. The molecule has 23 heavy (non-hydrogen) atoms. The molecule has 1 aromatic rings. The Labute approximate surface area is 133 Å². The smallest absolute Gasteiger partial charge is 0.328 e. The van der Waals surface area contributed by atoms with Gasteiger partial charge in [0.1, 0.15) is 5.82 Å². The van der Waals surface area contributed by atoms with Gasteiger partial charge < -0.3 is 20.9 Å². The molecule has 1 aliphatic heterocycles. The summed E-state index contributed by atoms with van der Waals surface area (Å²) in [6.45, 7) is 4.37. The number of morpholine rings is 1. The number of rotatable bonds is 6. The molecule has 8 heteroatoms. The molecule has 0 radical (unpaired) electrons. The number of nitrogen functional groups attached to an aromatic ring is 1. The molecule has 124 valence electrons. The lowest BCUT2D eigenvalue weighted by Crippen LogP contribution is -2.41. The Morgan fingerprint density at radius 1 is 1.43 bits per heavy atom. The van der Waals surface area contributed by atoms with Crippen LogP contribution in [0.5, 0.6) is 0 Å². The lowest BCUT2D eigenvalue weighted by molar-refractivity contribution is -0.131. The lowest BCUT2D eigenvalue weighted by Gasteiger charge is -2.26. The Morgan fingerprint density at radius 3 is 2.87 bits per heavy atom. The molecule has 1 amide bonds. The second-order valence-corrected chi connectivity index (χ2v) is 5.08. The third-order valence-electron chi connectivity index (χ3n) is 3.42. The first-order chi connectivity index (χ1) is 11.1. The Kier molecular flexibility index (Phi) is 6.07. The maximum Gasteiger partial charge on any atom is 0.328 e. The predicted octanol–water partition coefficient (Wildman–Crippen LogP) is -0.176. The SMILES string of the molecule is Nc1ncc(/C=C/C(=O)O)cc1C(=O)NCCN1CCOCC1. The number of pyridine rings is 1. The molecule has 1 aliphatic rings. The number of anilines is 1. The number of carboxylic acid groups (broad SMARTS) is 1. The minimum absolute atomic E-state index is 0.112. The number of carbonyl (C=O) groups is 2. The number of nitrogens with one attached hydrogen (secondary N) is 1. The van der Waals surface area contributed by atoms with Gasteiger partial charge in [-0.05, 0) is 17.7 Å². The first-order valence-electron chi connectivity index (χ1n) is 7.31. The molecule has 2 heterocycles. The zero-order chi connectivity index (χ0) is 16.7. The van der Waals surface area contributed by atoms with E-state index in [0.717, 1.165) is 25.7 Å². The summed E-state index contributed by atoms with van der Waals surface area (Å²) in [4.78, 5) is 28.8. The van der Waals surface area contributed by atoms with Crippen LogP contribution < -0.4 is 11.1 Å². The number of hydrogen-bond acceptors (Lipinski definition) is 6. The second-order valence-electron chi connectivity index (χ2n) is 5.08. The van der Waals surface area contributed by atoms with E-state index in [1.54, 1.807) is 0 Å². The van der Waals surface area contributed by atoms with E-state index in [1.807, 2.05) is 0 Å². The predicted molar refractivity (Wildman–Crippen MR) is 84.9 cm³/mol. The van der Waals surface area contributed by atoms with Crippen molar-refractivity contribution < 1.29 is 19.4 Å². The van der Waals surface area contributed by atoms with Crippen molar-refractivity contribution in [1.29, 1.82) is 0 Å². The summed E-state index contributed by atoms with van der Waals surface area (Å²) in [6, 6.07) is 1.52. The number of aromatic nitrogens is 1. The van der Waals surface area contributed by atoms with Gasteiger partial charge in [-0.1, -0.05) is 0 Å². The average molecular weight is 320 g/mol. The molecule has 0 aliphatic carbocycles. The largest absolute Gasteiger partial charge is 0.478 e. The number of carboxylic acids is 1. The highest BCUT2D eigenvalue weighted by Gasteiger charge is 2.13. The molecule has 0 unspecified atom stereocenters. The van der Waals surface area contributed by atoms with Gasteiger partial charge in [0.25, 0.3) is 5.91 Å². The van der Waals surface area contributed by atoms with E-state index in [-0.39, 0.29) is 17.3 Å². The molecule has 4 N–H and O–H groups in total. The minimum atomic E-state index is -1.07. The third-order valence-corrected chi connectivity index (χ3v) is 3.42. The topological polar surface area (TPSA) is 118 Å². The van der Waals surface area contributed by atoms with Crippen molar-refractivity contribution in [2.24, 2.45) is 0 Å². The maximum absolute atomic E-state index is 12.2. The van der Waals surface area contributed by atoms with E-state index in [2.05, 4.69) is 15.2 Å². The molecule has 2 rings (SSSR count). The summed E-state index contributed by atoms with van der Waals surface area (Å²) in [5.41, 5.74) is 6.46. The fourth-order valence-electron chi connectivity index (χ4n) is 2.18. The number of aliphatic carboxylic acids is 1. The Morgan fingerprint density at radius 2 is 2.17 bits per heavy atom. The zero-order valence-corrected chi connectivity index (χ0v) is 12.7. The standard InChI is InChI=1S/C15H20N4O4/c16-14-12(9-11(10-18-14)1-2-13(20)21)15(22)17-3-4-19-5-7-23-8-6-19/h1-2,9-10H,3-8H2,(H2,16,18)(H,17,22)(H,20,21)/b2-1+. The number of hydrogen-bond donors (Lipinski definition) is 3. The molecule has 0 aromatic carbocycles. The van der Waals surface area contributed by atoms with Crippen molar-refractivity contribution in [3.8, 4) is 0 Å². The number of nitrogens with two attached hydrogens (primary N) is 1. The van der Waals surface area contributed by atoms with E-state index in [1.165, 1.54) is 18.3 Å². The van der Waals surface area contributed by atoms with Crippen LogP contribution in [0.1, 0.15) is 15.9 Å². The van der Waals surface area contributed by atoms with Gasteiger partial charge in [0.15, 0.2) is 0 Å². The fraction of sp³-hybridized carbons (Fsp3) is 0.400. The van der Waals surface area contributed by atoms with Crippen LogP contribution >= 0.6 is 0 Å². The zero-order valence-electron chi connectivity index (χ0n) is 12.7. The molecule has 8 nitrogen and oxygen atoms in total. The highest BCUT2D eigenvalue weighted by Crippen LogP contribution is 2.12. The Bertz CT molecular complexity index is 597. The molecule has 0 bridgehead atoms. The first-order valence-corrected chi connectivity index (χ1v) is 7.31. The first kappa shape index (κ1) is 16.9. The van der Waals surface area contributed by atoms with Crippen molar-refractivity contribution in [3.05, 3.63) is 29.5 Å². The summed E-state index contributed by atoms with van der Waals surface area (Å²) < 4.78 is 5.26. The van der Waals surface area contributed by atoms with Crippen LogP contribution in [0.3, 0.4) is 0 Å². The molecule has 1 aromatic heterocycles. The van der Waals surface area contributed by atoms with Gasteiger partial charge in [-0.3, -0.25) is 9.69 Å².